The van der Waals surface area contributed by atoms with Crippen molar-refractivity contribution >= 4 is 5.91 Å². The molecule has 1 aromatic carbocycles. The van der Waals surface area contributed by atoms with Crippen LogP contribution < -0.4 is 0 Å². The van der Waals surface area contributed by atoms with E-state index in [1.54, 1.807) is 6.92 Å². The fourth-order valence-electron chi connectivity index (χ4n) is 2.57. The van der Waals surface area contributed by atoms with E-state index >= 15 is 0 Å². The van der Waals surface area contributed by atoms with Gasteiger partial charge in [0, 0.05) is 39.6 Å². The lowest BCUT2D eigenvalue weighted by molar-refractivity contribution is 0.0622. The summed E-state index contributed by atoms with van der Waals surface area (Å²) in [6.45, 7) is 5.92. The van der Waals surface area contributed by atoms with Gasteiger partial charge in [0.15, 0.2) is 11.6 Å². The number of carbonyl (C=O) groups excluding carboxylic acids is 1. The summed E-state index contributed by atoms with van der Waals surface area (Å²) in [6.07, 6.45) is 1.44. The second kappa shape index (κ2) is 6.10. The Morgan fingerprint density at radius 2 is 1.90 bits per heavy atom. The minimum absolute atomic E-state index is 0.0359. The molecule has 0 aliphatic carbocycles. The van der Waals surface area contributed by atoms with E-state index in [-0.39, 0.29) is 5.91 Å². The molecule has 0 radical (unpaired) electrons. The molecule has 1 aliphatic heterocycles. The lowest BCUT2D eigenvalue weighted by atomic mass is 10.2. The number of piperazine rings is 1. The molecule has 0 atom stereocenters. The number of aryl methyl sites for hydroxylation is 1. The van der Waals surface area contributed by atoms with Crippen LogP contribution in [0.25, 0.3) is 0 Å². The van der Waals surface area contributed by atoms with E-state index in [0.717, 1.165) is 32.7 Å². The van der Waals surface area contributed by atoms with Gasteiger partial charge in [-0.25, -0.2) is 4.98 Å². The van der Waals surface area contributed by atoms with Gasteiger partial charge in [0.1, 0.15) is 6.26 Å². The summed E-state index contributed by atoms with van der Waals surface area (Å²) in [4.78, 5) is 20.6. The Labute approximate surface area is 124 Å². The highest BCUT2D eigenvalue weighted by Gasteiger charge is 2.23. The quantitative estimate of drug-likeness (QED) is 0.865. The molecule has 2 heterocycles. The minimum atomic E-state index is -0.0359. The van der Waals surface area contributed by atoms with Crippen LogP contribution in [0.15, 0.2) is 41.0 Å². The molecule has 0 unspecified atom stereocenters. The van der Waals surface area contributed by atoms with Crippen LogP contribution in [0, 0.1) is 6.92 Å². The molecule has 1 saturated heterocycles. The zero-order valence-electron chi connectivity index (χ0n) is 12.2. The molecule has 21 heavy (non-hydrogen) atoms. The summed E-state index contributed by atoms with van der Waals surface area (Å²) in [6, 6.07) is 10.4. The number of nitrogens with zero attached hydrogens (tertiary/aromatic N) is 3. The third kappa shape index (κ3) is 3.31. The van der Waals surface area contributed by atoms with E-state index in [1.807, 2.05) is 11.0 Å². The largest absolute Gasteiger partial charge is 0.448 e. The minimum Gasteiger partial charge on any atom is -0.448 e. The van der Waals surface area contributed by atoms with E-state index in [9.17, 15) is 4.79 Å². The van der Waals surface area contributed by atoms with Crippen molar-refractivity contribution in [3.8, 4) is 0 Å². The van der Waals surface area contributed by atoms with Crippen molar-refractivity contribution in [1.82, 2.24) is 14.8 Å². The summed E-state index contributed by atoms with van der Waals surface area (Å²) >= 11 is 0. The highest BCUT2D eigenvalue weighted by atomic mass is 16.3. The van der Waals surface area contributed by atoms with Crippen LogP contribution in [0.1, 0.15) is 21.9 Å². The summed E-state index contributed by atoms with van der Waals surface area (Å²) in [5.74, 6) is 0.493. The third-order valence-corrected chi connectivity index (χ3v) is 3.75. The third-order valence-electron chi connectivity index (χ3n) is 3.75. The van der Waals surface area contributed by atoms with Crippen molar-refractivity contribution in [3.63, 3.8) is 0 Å². The zero-order valence-corrected chi connectivity index (χ0v) is 12.2. The zero-order chi connectivity index (χ0) is 14.7. The summed E-state index contributed by atoms with van der Waals surface area (Å²) in [5.41, 5.74) is 1.72. The Morgan fingerprint density at radius 3 is 2.52 bits per heavy atom. The standard InChI is InChI=1S/C16H19N3O2/c1-13-17-15(12-21-13)16(20)19-9-7-18(8-10-19)11-14-5-3-2-4-6-14/h2-6,12H,7-11H2,1H3. The monoisotopic (exact) mass is 285 g/mol. The van der Waals surface area contributed by atoms with Crippen molar-refractivity contribution in [3.05, 3.63) is 53.7 Å². The topological polar surface area (TPSA) is 49.6 Å². The number of hydrogen-bond donors (Lipinski definition) is 0. The van der Waals surface area contributed by atoms with E-state index < -0.39 is 0 Å². The van der Waals surface area contributed by atoms with Crippen molar-refractivity contribution in [2.24, 2.45) is 0 Å². The van der Waals surface area contributed by atoms with Crippen LogP contribution in [0.4, 0.5) is 0 Å². The maximum Gasteiger partial charge on any atom is 0.275 e. The van der Waals surface area contributed by atoms with Gasteiger partial charge < -0.3 is 9.32 Å². The fraction of sp³-hybridized carbons (Fsp3) is 0.375. The van der Waals surface area contributed by atoms with Gasteiger partial charge in [-0.15, -0.1) is 0 Å². The first-order chi connectivity index (χ1) is 10.2. The molecule has 3 rings (SSSR count). The number of hydrogen-bond acceptors (Lipinski definition) is 4. The Balaban J connectivity index is 1.54. The number of benzene rings is 1. The van der Waals surface area contributed by atoms with Crippen molar-refractivity contribution in [2.75, 3.05) is 26.2 Å². The van der Waals surface area contributed by atoms with Gasteiger partial charge in [0.2, 0.25) is 0 Å². The molecule has 1 aliphatic rings. The lowest BCUT2D eigenvalue weighted by Gasteiger charge is -2.34. The molecule has 110 valence electrons. The predicted molar refractivity (Wildman–Crippen MR) is 78.9 cm³/mol. The van der Waals surface area contributed by atoms with Gasteiger partial charge in [-0.1, -0.05) is 30.3 Å². The maximum absolute atomic E-state index is 12.3. The predicted octanol–water partition coefficient (Wildman–Crippen LogP) is 1.94. The molecular weight excluding hydrogens is 266 g/mol. The molecule has 0 N–H and O–H groups in total. The van der Waals surface area contributed by atoms with Crippen molar-refractivity contribution in [2.45, 2.75) is 13.5 Å². The highest BCUT2D eigenvalue weighted by molar-refractivity contribution is 5.92. The number of carbonyl (C=O) groups is 1. The second-order valence-corrected chi connectivity index (χ2v) is 5.31. The number of amides is 1. The molecule has 1 aromatic heterocycles. The number of aromatic nitrogens is 1. The molecular formula is C16H19N3O2. The average Bonchev–Trinajstić information content (AvgIpc) is 2.95. The van der Waals surface area contributed by atoms with Gasteiger partial charge in [-0.3, -0.25) is 9.69 Å². The molecule has 0 spiro atoms. The number of rotatable bonds is 3. The first kappa shape index (κ1) is 13.8. The van der Waals surface area contributed by atoms with Crippen LogP contribution in [-0.2, 0) is 6.54 Å². The van der Waals surface area contributed by atoms with Crippen LogP contribution in [0.5, 0.6) is 0 Å². The molecule has 2 aromatic rings. The first-order valence-corrected chi connectivity index (χ1v) is 7.20. The molecule has 5 heteroatoms. The summed E-state index contributed by atoms with van der Waals surface area (Å²) in [5, 5.41) is 0. The fourth-order valence-corrected chi connectivity index (χ4v) is 2.57. The van der Waals surface area contributed by atoms with E-state index in [4.69, 9.17) is 4.42 Å². The Bertz CT molecular complexity index is 601. The van der Waals surface area contributed by atoms with Crippen LogP contribution in [-0.4, -0.2) is 46.9 Å². The molecule has 1 fully saturated rings. The van der Waals surface area contributed by atoms with Crippen LogP contribution in [0.2, 0.25) is 0 Å². The van der Waals surface area contributed by atoms with Gasteiger partial charge in [0.05, 0.1) is 0 Å². The Morgan fingerprint density at radius 1 is 1.19 bits per heavy atom. The molecule has 0 bridgehead atoms. The van der Waals surface area contributed by atoms with Crippen LogP contribution in [0.3, 0.4) is 0 Å². The highest BCUT2D eigenvalue weighted by Crippen LogP contribution is 2.11. The lowest BCUT2D eigenvalue weighted by Crippen LogP contribution is -2.48. The smallest absolute Gasteiger partial charge is 0.275 e. The average molecular weight is 285 g/mol. The van der Waals surface area contributed by atoms with Crippen molar-refractivity contribution < 1.29 is 9.21 Å². The normalized spacial score (nSPS) is 16.1. The maximum atomic E-state index is 12.3. The first-order valence-electron chi connectivity index (χ1n) is 7.20. The summed E-state index contributed by atoms with van der Waals surface area (Å²) in [7, 11) is 0. The molecule has 1 amide bonds. The van der Waals surface area contributed by atoms with E-state index in [2.05, 4.69) is 34.1 Å². The second-order valence-electron chi connectivity index (χ2n) is 5.31. The van der Waals surface area contributed by atoms with Crippen LogP contribution >= 0.6 is 0 Å². The van der Waals surface area contributed by atoms with Gasteiger partial charge >= 0.3 is 0 Å². The van der Waals surface area contributed by atoms with Gasteiger partial charge in [0.25, 0.3) is 5.91 Å². The van der Waals surface area contributed by atoms with E-state index in [0.29, 0.717) is 11.6 Å². The van der Waals surface area contributed by atoms with Gasteiger partial charge in [-0.05, 0) is 5.56 Å². The van der Waals surface area contributed by atoms with Gasteiger partial charge in [-0.2, -0.15) is 0 Å². The van der Waals surface area contributed by atoms with E-state index in [1.165, 1.54) is 11.8 Å². The Hall–Kier alpha value is -2.14. The SMILES string of the molecule is Cc1nc(C(=O)N2CCN(Cc3ccccc3)CC2)co1. The molecule has 0 saturated carbocycles. The molecule has 5 nitrogen and oxygen atoms in total. The summed E-state index contributed by atoms with van der Waals surface area (Å²) < 4.78 is 5.11. The Kier molecular flexibility index (Phi) is 4.01. The van der Waals surface area contributed by atoms with Crippen molar-refractivity contribution in [1.29, 1.82) is 0 Å². The number of oxazole rings is 1.